The third-order valence-electron chi connectivity index (χ3n) is 5.73. The van der Waals surface area contributed by atoms with Crippen LogP contribution in [0.3, 0.4) is 0 Å². The van der Waals surface area contributed by atoms with E-state index >= 15 is 0 Å². The number of ether oxygens (including phenoxy) is 1. The van der Waals surface area contributed by atoms with Gasteiger partial charge in [0.15, 0.2) is 0 Å². The SMILES string of the molecule is CCc1cccc(CC)c1NC(=O)C1c2ccccc2COc2ccc(C)cc21. The predicted molar refractivity (Wildman–Crippen MR) is 118 cm³/mol. The monoisotopic (exact) mass is 385 g/mol. The van der Waals surface area contributed by atoms with Crippen molar-refractivity contribution in [2.75, 3.05) is 5.32 Å². The molecule has 1 atom stereocenters. The molecule has 3 aromatic rings. The Morgan fingerprint density at radius 1 is 0.966 bits per heavy atom. The van der Waals surface area contributed by atoms with Crippen LogP contribution in [0.25, 0.3) is 0 Å². The number of anilines is 1. The zero-order chi connectivity index (χ0) is 20.4. The highest BCUT2D eigenvalue weighted by molar-refractivity contribution is 6.00. The highest BCUT2D eigenvalue weighted by Crippen LogP contribution is 2.39. The molecule has 0 fully saturated rings. The van der Waals surface area contributed by atoms with Crippen LogP contribution in [-0.2, 0) is 24.2 Å². The van der Waals surface area contributed by atoms with Crippen LogP contribution in [0.4, 0.5) is 5.69 Å². The van der Waals surface area contributed by atoms with Crippen molar-refractivity contribution in [3.63, 3.8) is 0 Å². The van der Waals surface area contributed by atoms with E-state index in [1.807, 2.05) is 43.3 Å². The van der Waals surface area contributed by atoms with Crippen molar-refractivity contribution in [1.82, 2.24) is 0 Å². The molecule has 1 heterocycles. The summed E-state index contributed by atoms with van der Waals surface area (Å²) in [5.74, 6) is 0.370. The fourth-order valence-corrected chi connectivity index (χ4v) is 4.18. The van der Waals surface area contributed by atoms with Gasteiger partial charge >= 0.3 is 0 Å². The minimum atomic E-state index is -0.404. The quantitative estimate of drug-likeness (QED) is 0.618. The minimum Gasteiger partial charge on any atom is -0.489 e. The first-order valence-corrected chi connectivity index (χ1v) is 10.3. The summed E-state index contributed by atoms with van der Waals surface area (Å²) in [6, 6.07) is 20.4. The van der Waals surface area contributed by atoms with Crippen LogP contribution in [0.1, 0.15) is 53.1 Å². The average Bonchev–Trinajstić information content (AvgIpc) is 2.90. The second kappa shape index (κ2) is 8.12. The molecule has 1 aliphatic rings. The molecule has 3 nitrogen and oxygen atoms in total. The van der Waals surface area contributed by atoms with Gasteiger partial charge in [-0.1, -0.05) is 74.0 Å². The third-order valence-corrected chi connectivity index (χ3v) is 5.73. The third kappa shape index (κ3) is 3.65. The van der Waals surface area contributed by atoms with Gasteiger partial charge in [0.05, 0.1) is 5.92 Å². The van der Waals surface area contributed by atoms with Crippen LogP contribution in [0, 0.1) is 6.92 Å². The highest BCUT2D eigenvalue weighted by Gasteiger charge is 2.31. The second-order valence-electron chi connectivity index (χ2n) is 7.61. The van der Waals surface area contributed by atoms with Gasteiger partial charge < -0.3 is 10.1 Å². The number of rotatable bonds is 4. The van der Waals surface area contributed by atoms with Gasteiger partial charge in [-0.05, 0) is 48.1 Å². The van der Waals surface area contributed by atoms with E-state index in [0.717, 1.165) is 46.5 Å². The van der Waals surface area contributed by atoms with Crippen LogP contribution in [0.2, 0.25) is 0 Å². The van der Waals surface area contributed by atoms with Crippen LogP contribution >= 0.6 is 0 Å². The fraction of sp³-hybridized carbons (Fsp3) is 0.269. The lowest BCUT2D eigenvalue weighted by atomic mass is 9.86. The molecule has 4 rings (SSSR count). The summed E-state index contributed by atoms with van der Waals surface area (Å²) in [6.45, 7) is 6.77. The van der Waals surface area contributed by atoms with E-state index in [1.54, 1.807) is 0 Å². The lowest BCUT2D eigenvalue weighted by Gasteiger charge is -2.21. The van der Waals surface area contributed by atoms with Crippen LogP contribution in [-0.4, -0.2) is 5.91 Å². The van der Waals surface area contributed by atoms with Gasteiger partial charge in [0, 0.05) is 11.3 Å². The molecule has 1 N–H and O–H groups in total. The summed E-state index contributed by atoms with van der Waals surface area (Å²) in [5, 5.41) is 3.29. The summed E-state index contributed by atoms with van der Waals surface area (Å²) >= 11 is 0. The normalized spacial score (nSPS) is 14.9. The molecule has 0 aliphatic carbocycles. The van der Waals surface area contributed by atoms with E-state index in [1.165, 1.54) is 11.1 Å². The largest absolute Gasteiger partial charge is 0.489 e. The van der Waals surface area contributed by atoms with Gasteiger partial charge in [-0.25, -0.2) is 0 Å². The number of amides is 1. The number of nitrogens with one attached hydrogen (secondary N) is 1. The number of hydrogen-bond donors (Lipinski definition) is 1. The number of hydrogen-bond acceptors (Lipinski definition) is 2. The van der Waals surface area contributed by atoms with Crippen molar-refractivity contribution < 1.29 is 9.53 Å². The van der Waals surface area contributed by atoms with Crippen LogP contribution in [0.5, 0.6) is 5.75 Å². The number of fused-ring (bicyclic) bond motifs is 2. The number of aryl methyl sites for hydroxylation is 3. The molecule has 0 saturated carbocycles. The Kier molecular flexibility index (Phi) is 5.39. The molecule has 1 aliphatic heterocycles. The molecular weight excluding hydrogens is 358 g/mol. The molecule has 148 valence electrons. The zero-order valence-corrected chi connectivity index (χ0v) is 17.3. The summed E-state index contributed by atoms with van der Waals surface area (Å²) in [6.07, 6.45) is 1.76. The van der Waals surface area contributed by atoms with E-state index in [4.69, 9.17) is 4.74 Å². The second-order valence-corrected chi connectivity index (χ2v) is 7.61. The van der Waals surface area contributed by atoms with Gasteiger partial charge in [-0.3, -0.25) is 4.79 Å². The fourth-order valence-electron chi connectivity index (χ4n) is 4.18. The van der Waals surface area contributed by atoms with E-state index in [-0.39, 0.29) is 5.91 Å². The van der Waals surface area contributed by atoms with E-state index in [2.05, 4.69) is 43.4 Å². The molecule has 0 radical (unpaired) electrons. The Balaban J connectivity index is 1.82. The van der Waals surface area contributed by atoms with Gasteiger partial charge in [0.2, 0.25) is 5.91 Å². The maximum Gasteiger partial charge on any atom is 0.236 e. The molecule has 0 saturated heterocycles. The van der Waals surface area contributed by atoms with Gasteiger partial charge in [-0.15, -0.1) is 0 Å². The Morgan fingerprint density at radius 2 is 1.69 bits per heavy atom. The smallest absolute Gasteiger partial charge is 0.236 e. The van der Waals surface area contributed by atoms with Crippen molar-refractivity contribution >= 4 is 11.6 Å². The topological polar surface area (TPSA) is 38.3 Å². The van der Waals surface area contributed by atoms with Crippen molar-refractivity contribution in [2.24, 2.45) is 0 Å². The minimum absolute atomic E-state index is 0.00889. The maximum absolute atomic E-state index is 13.7. The summed E-state index contributed by atoms with van der Waals surface area (Å²) in [4.78, 5) is 13.7. The number of carbonyl (C=O) groups excluding carboxylic acids is 1. The lowest BCUT2D eigenvalue weighted by molar-refractivity contribution is -0.116. The van der Waals surface area contributed by atoms with Gasteiger partial charge in [0.1, 0.15) is 12.4 Å². The van der Waals surface area contributed by atoms with Gasteiger partial charge in [0.25, 0.3) is 0 Å². The van der Waals surface area contributed by atoms with E-state index < -0.39 is 5.92 Å². The summed E-state index contributed by atoms with van der Waals surface area (Å²) in [5.41, 5.74) is 7.41. The molecule has 0 aromatic heterocycles. The first-order chi connectivity index (χ1) is 14.1. The summed E-state index contributed by atoms with van der Waals surface area (Å²) in [7, 11) is 0. The van der Waals surface area contributed by atoms with Crippen molar-refractivity contribution in [2.45, 2.75) is 46.1 Å². The number of para-hydroxylation sites is 1. The van der Waals surface area contributed by atoms with Crippen LogP contribution in [0.15, 0.2) is 60.7 Å². The molecular formula is C26H27NO2. The Hall–Kier alpha value is -3.07. The standard InChI is InChI=1S/C26H27NO2/c1-4-18-10-8-11-19(5-2)25(18)27-26(28)24-21-12-7-6-9-20(21)16-29-23-14-13-17(3)15-22(23)24/h6-15,24H,4-5,16H2,1-3H3,(H,27,28). The molecule has 29 heavy (non-hydrogen) atoms. The Morgan fingerprint density at radius 3 is 2.41 bits per heavy atom. The Bertz CT molecular complexity index is 1030. The van der Waals surface area contributed by atoms with E-state index in [0.29, 0.717) is 6.61 Å². The summed E-state index contributed by atoms with van der Waals surface area (Å²) < 4.78 is 6.07. The first-order valence-electron chi connectivity index (χ1n) is 10.3. The number of carbonyl (C=O) groups is 1. The van der Waals surface area contributed by atoms with Crippen molar-refractivity contribution in [3.8, 4) is 5.75 Å². The van der Waals surface area contributed by atoms with Crippen molar-refractivity contribution in [1.29, 1.82) is 0 Å². The molecule has 3 aromatic carbocycles. The average molecular weight is 386 g/mol. The predicted octanol–water partition coefficient (Wildman–Crippen LogP) is 5.78. The zero-order valence-electron chi connectivity index (χ0n) is 17.3. The maximum atomic E-state index is 13.7. The van der Waals surface area contributed by atoms with Gasteiger partial charge in [-0.2, -0.15) is 0 Å². The molecule has 1 amide bonds. The molecule has 0 bridgehead atoms. The Labute approximate surface area is 172 Å². The highest BCUT2D eigenvalue weighted by atomic mass is 16.5. The first kappa shape index (κ1) is 19.3. The van der Waals surface area contributed by atoms with Crippen molar-refractivity contribution in [3.05, 3.63) is 94.0 Å². The van der Waals surface area contributed by atoms with E-state index in [9.17, 15) is 4.79 Å². The lowest BCUT2D eigenvalue weighted by Crippen LogP contribution is -2.24. The molecule has 3 heteroatoms. The number of benzene rings is 3. The molecule has 0 spiro atoms. The van der Waals surface area contributed by atoms with Crippen LogP contribution < -0.4 is 10.1 Å². The molecule has 1 unspecified atom stereocenters.